The largest absolute Gasteiger partial charge is 0.454 e. The van der Waals surface area contributed by atoms with Gasteiger partial charge in [0.25, 0.3) is 0 Å². The van der Waals surface area contributed by atoms with E-state index >= 15 is 0 Å². The standard InChI is InChI=1S/C16H11FN2O2S/c17-11-3-1-9(2-4-11)16-12-7-14-13(20-8-21-14)5-10(12)6-15(22)18-19-16/h1-5,7H,6,8H2,(H,18,22). The molecule has 110 valence electrons. The molecule has 1 N–H and O–H groups in total. The second kappa shape index (κ2) is 5.06. The zero-order valence-electron chi connectivity index (χ0n) is 11.4. The second-order valence-electron chi connectivity index (χ2n) is 5.04. The van der Waals surface area contributed by atoms with E-state index in [2.05, 4.69) is 10.5 Å². The molecule has 0 fully saturated rings. The highest BCUT2D eigenvalue weighted by atomic mass is 32.1. The smallest absolute Gasteiger partial charge is 0.231 e. The summed E-state index contributed by atoms with van der Waals surface area (Å²) in [6.45, 7) is 0.212. The zero-order chi connectivity index (χ0) is 15.1. The third-order valence-electron chi connectivity index (χ3n) is 3.61. The number of nitrogens with one attached hydrogen (secondary N) is 1. The van der Waals surface area contributed by atoms with Crippen molar-refractivity contribution in [1.82, 2.24) is 5.43 Å². The van der Waals surface area contributed by atoms with E-state index in [0.29, 0.717) is 28.6 Å². The van der Waals surface area contributed by atoms with Crippen LogP contribution in [0.3, 0.4) is 0 Å². The topological polar surface area (TPSA) is 42.9 Å². The Kier molecular flexibility index (Phi) is 3.04. The normalized spacial score (nSPS) is 15.7. The summed E-state index contributed by atoms with van der Waals surface area (Å²) in [6.07, 6.45) is 0.565. The highest BCUT2D eigenvalue weighted by Gasteiger charge is 2.23. The SMILES string of the molecule is Fc1ccc(C2=NNC(=S)Cc3cc4c(cc32)OCO4)cc1. The molecule has 0 unspecified atom stereocenters. The van der Waals surface area contributed by atoms with Crippen LogP contribution >= 0.6 is 12.2 Å². The van der Waals surface area contributed by atoms with E-state index in [9.17, 15) is 4.39 Å². The van der Waals surface area contributed by atoms with E-state index in [-0.39, 0.29) is 12.6 Å². The maximum absolute atomic E-state index is 13.2. The summed E-state index contributed by atoms with van der Waals surface area (Å²) < 4.78 is 24.0. The van der Waals surface area contributed by atoms with Crippen molar-refractivity contribution < 1.29 is 13.9 Å². The van der Waals surface area contributed by atoms with E-state index in [0.717, 1.165) is 16.7 Å². The molecule has 2 aromatic rings. The minimum absolute atomic E-state index is 0.212. The van der Waals surface area contributed by atoms with Crippen LogP contribution in [-0.2, 0) is 6.42 Å². The van der Waals surface area contributed by atoms with Crippen LogP contribution in [0.4, 0.5) is 4.39 Å². The Morgan fingerprint density at radius 1 is 1.09 bits per heavy atom. The van der Waals surface area contributed by atoms with Gasteiger partial charge in [0, 0.05) is 17.5 Å². The number of halogens is 1. The Morgan fingerprint density at radius 2 is 1.82 bits per heavy atom. The maximum Gasteiger partial charge on any atom is 0.231 e. The summed E-state index contributed by atoms with van der Waals surface area (Å²) in [4.78, 5) is 0.622. The lowest BCUT2D eigenvalue weighted by Gasteiger charge is -2.10. The summed E-state index contributed by atoms with van der Waals surface area (Å²) >= 11 is 5.27. The van der Waals surface area contributed by atoms with Gasteiger partial charge >= 0.3 is 0 Å². The van der Waals surface area contributed by atoms with Gasteiger partial charge in [-0.1, -0.05) is 12.2 Å². The number of hydrogen-bond acceptors (Lipinski definition) is 4. The molecule has 0 atom stereocenters. The summed E-state index contributed by atoms with van der Waals surface area (Å²) in [5, 5.41) is 4.38. The van der Waals surface area contributed by atoms with Crippen LogP contribution in [0, 0.1) is 5.82 Å². The first kappa shape index (κ1) is 13.2. The Morgan fingerprint density at radius 3 is 2.59 bits per heavy atom. The fourth-order valence-corrected chi connectivity index (χ4v) is 2.77. The molecule has 0 saturated carbocycles. The van der Waals surface area contributed by atoms with Gasteiger partial charge in [-0.15, -0.1) is 0 Å². The molecule has 0 spiro atoms. The summed E-state index contributed by atoms with van der Waals surface area (Å²) in [5.41, 5.74) is 6.29. The van der Waals surface area contributed by atoms with Crippen LogP contribution in [0.25, 0.3) is 0 Å². The molecule has 4 rings (SSSR count). The van der Waals surface area contributed by atoms with Crippen molar-refractivity contribution in [3.8, 4) is 11.5 Å². The van der Waals surface area contributed by atoms with Crippen molar-refractivity contribution in [2.45, 2.75) is 6.42 Å². The minimum Gasteiger partial charge on any atom is -0.454 e. The number of nitrogens with zero attached hydrogens (tertiary/aromatic N) is 1. The molecule has 22 heavy (non-hydrogen) atoms. The lowest BCUT2D eigenvalue weighted by Crippen LogP contribution is -2.16. The van der Waals surface area contributed by atoms with E-state index in [1.807, 2.05) is 12.1 Å². The van der Waals surface area contributed by atoms with Gasteiger partial charge in [-0.2, -0.15) is 5.10 Å². The number of benzene rings is 2. The summed E-state index contributed by atoms with van der Waals surface area (Å²) in [5.74, 6) is 1.11. The van der Waals surface area contributed by atoms with E-state index in [4.69, 9.17) is 21.7 Å². The highest BCUT2D eigenvalue weighted by Crippen LogP contribution is 2.36. The Bertz CT molecular complexity index is 803. The van der Waals surface area contributed by atoms with Crippen molar-refractivity contribution >= 4 is 22.9 Å². The van der Waals surface area contributed by atoms with E-state index in [1.54, 1.807) is 12.1 Å². The number of hydrogen-bond donors (Lipinski definition) is 1. The van der Waals surface area contributed by atoms with Crippen molar-refractivity contribution in [3.63, 3.8) is 0 Å². The first-order chi connectivity index (χ1) is 10.7. The third-order valence-corrected chi connectivity index (χ3v) is 3.85. The van der Waals surface area contributed by atoms with Gasteiger partial charge < -0.3 is 9.47 Å². The average Bonchev–Trinajstić information content (AvgIpc) is 2.89. The van der Waals surface area contributed by atoms with Crippen LogP contribution < -0.4 is 14.9 Å². The van der Waals surface area contributed by atoms with Gasteiger partial charge in [-0.3, -0.25) is 5.43 Å². The molecule has 0 bridgehead atoms. The molecule has 0 aromatic heterocycles. The molecule has 0 amide bonds. The zero-order valence-corrected chi connectivity index (χ0v) is 12.2. The monoisotopic (exact) mass is 314 g/mol. The molecule has 2 heterocycles. The number of thiocarbonyl (C=S) groups is 1. The highest BCUT2D eigenvalue weighted by molar-refractivity contribution is 7.80. The van der Waals surface area contributed by atoms with Crippen molar-refractivity contribution in [2.75, 3.05) is 6.79 Å². The Labute approximate surface area is 131 Å². The molecule has 0 saturated heterocycles. The van der Waals surface area contributed by atoms with Gasteiger partial charge in [0.15, 0.2) is 11.5 Å². The molecule has 6 heteroatoms. The van der Waals surface area contributed by atoms with Gasteiger partial charge in [-0.05, 0) is 42.0 Å². The van der Waals surface area contributed by atoms with E-state index in [1.165, 1.54) is 12.1 Å². The molecule has 4 nitrogen and oxygen atoms in total. The number of rotatable bonds is 1. The summed E-state index contributed by atoms with van der Waals surface area (Å²) in [7, 11) is 0. The lowest BCUT2D eigenvalue weighted by molar-refractivity contribution is 0.174. The third kappa shape index (κ3) is 2.21. The minimum atomic E-state index is -0.285. The molecule has 2 aliphatic heterocycles. The summed E-state index contributed by atoms with van der Waals surface area (Å²) in [6, 6.07) is 10.0. The fraction of sp³-hybridized carbons (Fsp3) is 0.125. The van der Waals surface area contributed by atoms with Gasteiger partial charge in [0.1, 0.15) is 10.8 Å². The Balaban J connectivity index is 1.89. The quantitative estimate of drug-likeness (QED) is 0.822. The number of ether oxygens (including phenoxy) is 2. The maximum atomic E-state index is 13.2. The van der Waals surface area contributed by atoms with Crippen molar-refractivity contribution in [3.05, 3.63) is 58.9 Å². The average molecular weight is 314 g/mol. The van der Waals surface area contributed by atoms with Crippen LogP contribution in [0.5, 0.6) is 11.5 Å². The van der Waals surface area contributed by atoms with E-state index < -0.39 is 0 Å². The molecule has 0 radical (unpaired) electrons. The number of hydrazone groups is 1. The predicted molar refractivity (Wildman–Crippen MR) is 84.0 cm³/mol. The molecular weight excluding hydrogens is 303 g/mol. The predicted octanol–water partition coefficient (Wildman–Crippen LogP) is 2.78. The van der Waals surface area contributed by atoms with Crippen LogP contribution in [0.1, 0.15) is 16.7 Å². The van der Waals surface area contributed by atoms with Crippen molar-refractivity contribution in [1.29, 1.82) is 0 Å². The molecular formula is C16H11FN2O2S. The van der Waals surface area contributed by atoms with Gasteiger partial charge in [-0.25, -0.2) is 4.39 Å². The first-order valence-electron chi connectivity index (χ1n) is 6.76. The molecule has 2 aromatic carbocycles. The van der Waals surface area contributed by atoms with Crippen LogP contribution in [0.2, 0.25) is 0 Å². The van der Waals surface area contributed by atoms with Gasteiger partial charge in [0.05, 0.1) is 5.71 Å². The number of fused-ring (bicyclic) bond motifs is 2. The fourth-order valence-electron chi connectivity index (χ4n) is 2.57. The van der Waals surface area contributed by atoms with Crippen LogP contribution in [-0.4, -0.2) is 17.5 Å². The molecule has 0 aliphatic carbocycles. The molecule has 2 aliphatic rings. The first-order valence-corrected chi connectivity index (χ1v) is 7.17. The lowest BCUT2D eigenvalue weighted by atomic mass is 9.95. The Hall–Kier alpha value is -2.47. The van der Waals surface area contributed by atoms with Gasteiger partial charge in [0.2, 0.25) is 6.79 Å². The van der Waals surface area contributed by atoms with Crippen LogP contribution in [0.15, 0.2) is 41.5 Å². The second-order valence-corrected chi connectivity index (χ2v) is 5.53. The van der Waals surface area contributed by atoms with Crippen molar-refractivity contribution in [2.24, 2.45) is 5.10 Å².